The van der Waals surface area contributed by atoms with Crippen molar-refractivity contribution in [2.45, 2.75) is 31.5 Å². The summed E-state index contributed by atoms with van der Waals surface area (Å²) in [6.07, 6.45) is 2.41. The maximum Gasteiger partial charge on any atom is 0.135 e. The summed E-state index contributed by atoms with van der Waals surface area (Å²) in [4.78, 5) is 7.21. The van der Waals surface area contributed by atoms with Gasteiger partial charge in [0, 0.05) is 19.5 Å². The molecule has 29 heavy (non-hydrogen) atoms. The number of piperidine rings is 1. The molecule has 4 rings (SSSR count). The molecule has 0 aliphatic carbocycles. The summed E-state index contributed by atoms with van der Waals surface area (Å²) in [5.74, 6) is 0.744. The Bertz CT molecular complexity index is 891. The average molecular weight is 415 g/mol. The highest BCUT2D eigenvalue weighted by Crippen LogP contribution is 2.36. The molecule has 3 aromatic rings. The van der Waals surface area contributed by atoms with Gasteiger partial charge in [-0.2, -0.15) is 0 Å². The first-order valence-electron chi connectivity index (χ1n) is 10.2. The van der Waals surface area contributed by atoms with Gasteiger partial charge in [0.05, 0.1) is 29.6 Å². The highest BCUT2D eigenvalue weighted by atomic mass is 32.1. The van der Waals surface area contributed by atoms with Crippen LogP contribution >= 0.6 is 11.3 Å². The molecule has 1 unspecified atom stereocenters. The van der Waals surface area contributed by atoms with Crippen molar-refractivity contribution in [2.24, 2.45) is 0 Å². The van der Waals surface area contributed by atoms with Crippen molar-refractivity contribution in [1.29, 1.82) is 0 Å². The lowest BCUT2D eigenvalue weighted by Gasteiger charge is -2.31. The van der Waals surface area contributed by atoms with Gasteiger partial charge >= 0.3 is 0 Å². The third-order valence-electron chi connectivity index (χ3n) is 5.24. The predicted octanol–water partition coefficient (Wildman–Crippen LogP) is 5.23. The van der Waals surface area contributed by atoms with Gasteiger partial charge in [0.1, 0.15) is 16.9 Å². The van der Waals surface area contributed by atoms with Crippen LogP contribution in [0.15, 0.2) is 48.5 Å². The molecule has 1 saturated heterocycles. The second-order valence-electron chi connectivity index (χ2n) is 7.50. The first-order chi connectivity index (χ1) is 14.2. The van der Waals surface area contributed by atoms with E-state index in [1.807, 2.05) is 36.4 Å². The maximum atomic E-state index is 12.4. The quantitative estimate of drug-likeness (QED) is 0.473. The number of benzene rings is 2. The number of para-hydroxylation sites is 1. The van der Waals surface area contributed by atoms with E-state index in [-0.39, 0.29) is 18.9 Å². The van der Waals surface area contributed by atoms with E-state index in [4.69, 9.17) is 14.5 Å². The minimum atomic E-state index is -0.368. The lowest BCUT2D eigenvalue weighted by Crippen LogP contribution is -2.35. The summed E-state index contributed by atoms with van der Waals surface area (Å²) >= 11 is 1.68. The van der Waals surface area contributed by atoms with Crippen molar-refractivity contribution in [3.8, 4) is 5.75 Å². The second kappa shape index (κ2) is 9.65. The van der Waals surface area contributed by atoms with Gasteiger partial charge in [-0.15, -0.1) is 11.3 Å². The van der Waals surface area contributed by atoms with Crippen LogP contribution in [0.1, 0.15) is 35.9 Å². The third-order valence-corrected chi connectivity index (χ3v) is 6.32. The van der Waals surface area contributed by atoms with Crippen molar-refractivity contribution < 1.29 is 13.9 Å². The van der Waals surface area contributed by atoms with Gasteiger partial charge in [-0.25, -0.2) is 4.98 Å². The number of likely N-dealkylation sites (tertiary alicyclic amines) is 1. The van der Waals surface area contributed by atoms with E-state index in [0.29, 0.717) is 13.0 Å². The van der Waals surface area contributed by atoms with E-state index in [1.165, 1.54) is 0 Å². The molecule has 0 radical (unpaired) electrons. The minimum absolute atomic E-state index is 0.208. The summed E-state index contributed by atoms with van der Waals surface area (Å²) in [5, 5.41) is 0.964. The van der Waals surface area contributed by atoms with Crippen LogP contribution in [0.5, 0.6) is 5.75 Å². The number of ether oxygens (including phenoxy) is 2. The Morgan fingerprint density at radius 1 is 1.17 bits per heavy atom. The molecule has 1 aliphatic heterocycles. The Morgan fingerprint density at radius 2 is 2.00 bits per heavy atom. The highest BCUT2D eigenvalue weighted by molar-refractivity contribution is 7.18. The number of aromatic nitrogens is 1. The van der Waals surface area contributed by atoms with E-state index in [0.717, 1.165) is 52.5 Å². The van der Waals surface area contributed by atoms with Gasteiger partial charge in [0.15, 0.2) is 0 Å². The van der Waals surface area contributed by atoms with Gasteiger partial charge in [-0.3, -0.25) is 4.39 Å². The molecule has 0 spiro atoms. The number of nitrogens with zero attached hydrogens (tertiary/aromatic N) is 2. The van der Waals surface area contributed by atoms with Crippen LogP contribution in [-0.2, 0) is 4.74 Å². The third kappa shape index (κ3) is 5.13. The number of fused-ring (bicyclic) bond motifs is 1. The lowest BCUT2D eigenvalue weighted by atomic mass is 10.1. The van der Waals surface area contributed by atoms with Gasteiger partial charge in [-0.05, 0) is 49.7 Å². The zero-order valence-electron chi connectivity index (χ0n) is 16.7. The van der Waals surface area contributed by atoms with Crippen LogP contribution in [0.3, 0.4) is 0 Å². The summed E-state index contributed by atoms with van der Waals surface area (Å²) in [7, 11) is 2.15. The van der Waals surface area contributed by atoms with Crippen LogP contribution in [0, 0.1) is 0 Å². The lowest BCUT2D eigenvalue weighted by molar-refractivity contribution is -0.0235. The van der Waals surface area contributed by atoms with E-state index in [1.54, 1.807) is 11.3 Å². The Kier molecular flexibility index (Phi) is 6.74. The fraction of sp³-hybridized carbons (Fsp3) is 0.435. The first kappa shape index (κ1) is 20.3. The number of hydrogen-bond donors (Lipinski definition) is 0. The topological polar surface area (TPSA) is 34.6 Å². The highest BCUT2D eigenvalue weighted by Gasteiger charge is 2.26. The van der Waals surface area contributed by atoms with Crippen molar-refractivity contribution in [3.63, 3.8) is 0 Å². The second-order valence-corrected chi connectivity index (χ2v) is 8.56. The summed E-state index contributed by atoms with van der Waals surface area (Å²) in [6.45, 7) is 2.10. The van der Waals surface area contributed by atoms with Crippen LogP contribution in [0.25, 0.3) is 10.2 Å². The molecule has 0 bridgehead atoms. The Labute approximate surface area is 175 Å². The van der Waals surface area contributed by atoms with Gasteiger partial charge in [0.25, 0.3) is 0 Å². The van der Waals surface area contributed by atoms with Crippen LogP contribution < -0.4 is 4.74 Å². The predicted molar refractivity (Wildman–Crippen MR) is 116 cm³/mol. The Balaban J connectivity index is 1.61. The summed E-state index contributed by atoms with van der Waals surface area (Å²) in [5.41, 5.74) is 2.03. The molecule has 0 amide bonds. The molecule has 0 N–H and O–H groups in total. The van der Waals surface area contributed by atoms with Crippen LogP contribution in [0.4, 0.5) is 4.39 Å². The van der Waals surface area contributed by atoms with Crippen molar-refractivity contribution in [2.75, 3.05) is 33.4 Å². The molecule has 1 aliphatic rings. The summed E-state index contributed by atoms with van der Waals surface area (Å²) in [6, 6.07) is 16.1. The molecule has 1 aromatic heterocycles. The number of hydrogen-bond acceptors (Lipinski definition) is 5. The molecule has 4 nitrogen and oxygen atoms in total. The molecule has 0 saturated carbocycles. The van der Waals surface area contributed by atoms with E-state index in [2.05, 4.69) is 24.1 Å². The zero-order chi connectivity index (χ0) is 20.1. The molecule has 6 heteroatoms. The zero-order valence-corrected chi connectivity index (χ0v) is 17.5. The van der Waals surface area contributed by atoms with Crippen LogP contribution in [-0.4, -0.2) is 49.4 Å². The Morgan fingerprint density at radius 3 is 2.79 bits per heavy atom. The normalized spacial score (nSPS) is 16.9. The standard InChI is InChI=1S/C23H27FN2O2S/c1-26-13-10-18(11-14-26)28-22(23-25-20-8-2-3-9-21(20)29-23)17-6-4-7-19(16-17)27-15-5-12-24/h2-4,6-9,16,18,22H,5,10-15H2,1H3. The Hall–Kier alpha value is -2.02. The van der Waals surface area contributed by atoms with Crippen LogP contribution in [0.2, 0.25) is 0 Å². The maximum absolute atomic E-state index is 12.4. The minimum Gasteiger partial charge on any atom is -0.493 e. The first-order valence-corrected chi connectivity index (χ1v) is 11.0. The number of halogens is 1. The fourth-order valence-corrected chi connectivity index (χ4v) is 4.64. The smallest absolute Gasteiger partial charge is 0.135 e. The van der Waals surface area contributed by atoms with E-state index >= 15 is 0 Å². The van der Waals surface area contributed by atoms with Gasteiger partial charge in [0.2, 0.25) is 0 Å². The van der Waals surface area contributed by atoms with Gasteiger partial charge in [-0.1, -0.05) is 24.3 Å². The van der Waals surface area contributed by atoms with Crippen molar-refractivity contribution >= 4 is 21.6 Å². The number of rotatable bonds is 8. The van der Waals surface area contributed by atoms with Crippen molar-refractivity contribution in [1.82, 2.24) is 9.88 Å². The van der Waals surface area contributed by atoms with E-state index in [9.17, 15) is 4.39 Å². The molecule has 2 heterocycles. The number of thiazole rings is 1. The molecule has 1 atom stereocenters. The monoisotopic (exact) mass is 414 g/mol. The van der Waals surface area contributed by atoms with E-state index < -0.39 is 0 Å². The average Bonchev–Trinajstić information content (AvgIpc) is 3.17. The summed E-state index contributed by atoms with van der Waals surface area (Å²) < 4.78 is 25.9. The number of alkyl halides is 1. The molecule has 1 fully saturated rings. The SMILES string of the molecule is CN1CCC(OC(c2cccc(OCCCF)c2)c2nc3ccccc3s2)CC1. The van der Waals surface area contributed by atoms with Crippen molar-refractivity contribution in [3.05, 3.63) is 59.1 Å². The fourth-order valence-electron chi connectivity index (χ4n) is 3.61. The molecular formula is C23H27FN2O2S. The van der Waals surface area contributed by atoms with Gasteiger partial charge < -0.3 is 14.4 Å². The molecular weight excluding hydrogens is 387 g/mol. The largest absolute Gasteiger partial charge is 0.493 e. The molecule has 2 aromatic carbocycles. The molecule has 154 valence electrons.